The largest absolute Gasteiger partial charge is 0.293 e. The highest BCUT2D eigenvalue weighted by atomic mass is 19.1. The quantitative estimate of drug-likeness (QED) is 0.389. The van der Waals surface area contributed by atoms with E-state index >= 15 is 4.39 Å². The third kappa shape index (κ3) is 3.05. The Morgan fingerprint density at radius 3 is 2.66 bits per heavy atom. The van der Waals surface area contributed by atoms with Crippen LogP contribution < -0.4 is 0 Å². The second-order valence-electron chi connectivity index (χ2n) is 9.49. The summed E-state index contributed by atoms with van der Waals surface area (Å²) in [6.07, 6.45) is 4.04. The van der Waals surface area contributed by atoms with Crippen LogP contribution >= 0.6 is 0 Å². The molecular weight excluding hydrogens is 439 g/mol. The van der Waals surface area contributed by atoms with Crippen molar-refractivity contribution < 1.29 is 9.18 Å². The van der Waals surface area contributed by atoms with Crippen LogP contribution in [0.5, 0.6) is 0 Å². The first-order valence-corrected chi connectivity index (χ1v) is 11.6. The van der Waals surface area contributed by atoms with E-state index < -0.39 is 5.41 Å². The summed E-state index contributed by atoms with van der Waals surface area (Å²) >= 11 is 0. The Kier molecular flexibility index (Phi) is 4.65. The van der Waals surface area contributed by atoms with Crippen molar-refractivity contribution in [3.05, 3.63) is 89.5 Å². The minimum absolute atomic E-state index is 0.0913. The Balaban J connectivity index is 1.69. The highest BCUT2D eigenvalue weighted by Crippen LogP contribution is 2.52. The van der Waals surface area contributed by atoms with Gasteiger partial charge in [0.25, 0.3) is 0 Å². The molecule has 2 aliphatic rings. The molecule has 3 atom stereocenters. The lowest BCUT2D eigenvalue weighted by atomic mass is 9.65. The van der Waals surface area contributed by atoms with Crippen LogP contribution in [-0.2, 0) is 16.6 Å². The number of allylic oxidation sites excluding steroid dienone is 2. The van der Waals surface area contributed by atoms with E-state index in [2.05, 4.69) is 11.1 Å². The minimum atomic E-state index is -0.645. The lowest BCUT2D eigenvalue weighted by Crippen LogP contribution is -2.40. The van der Waals surface area contributed by atoms with Gasteiger partial charge in [0, 0.05) is 39.6 Å². The molecule has 0 radical (unpaired) electrons. The van der Waals surface area contributed by atoms with Crippen molar-refractivity contribution in [1.82, 2.24) is 15.0 Å². The van der Waals surface area contributed by atoms with E-state index in [0.29, 0.717) is 23.5 Å². The second-order valence-corrected chi connectivity index (χ2v) is 9.49. The Hall–Kier alpha value is -4.24. The van der Waals surface area contributed by atoms with Gasteiger partial charge in [0.15, 0.2) is 11.6 Å². The summed E-state index contributed by atoms with van der Waals surface area (Å²) in [5.41, 5.74) is 3.64. The summed E-state index contributed by atoms with van der Waals surface area (Å²) in [5.74, 6) is -0.488. The van der Waals surface area contributed by atoms with E-state index in [1.54, 1.807) is 30.5 Å². The van der Waals surface area contributed by atoms with E-state index in [1.165, 1.54) is 6.07 Å². The molecule has 0 unspecified atom stereocenters. The molecule has 0 spiro atoms. The third-order valence-corrected chi connectivity index (χ3v) is 7.57. The topological polar surface area (TPSA) is 79.5 Å². The van der Waals surface area contributed by atoms with E-state index in [4.69, 9.17) is 9.97 Å². The first-order valence-electron chi connectivity index (χ1n) is 11.6. The second kappa shape index (κ2) is 7.64. The van der Waals surface area contributed by atoms with Crippen molar-refractivity contribution in [1.29, 1.82) is 5.26 Å². The average molecular weight is 461 g/mol. The molecule has 5 nitrogen and oxygen atoms in total. The summed E-state index contributed by atoms with van der Waals surface area (Å²) < 4.78 is 15.1. The Morgan fingerprint density at radius 2 is 1.86 bits per heavy atom. The van der Waals surface area contributed by atoms with Crippen molar-refractivity contribution in [3.8, 4) is 28.7 Å². The Labute approximate surface area is 202 Å². The predicted molar refractivity (Wildman–Crippen MR) is 131 cm³/mol. The Morgan fingerprint density at radius 1 is 1.06 bits per heavy atom. The van der Waals surface area contributed by atoms with Gasteiger partial charge in [0.05, 0.1) is 22.5 Å². The number of fused-ring (bicyclic) bond motifs is 4. The van der Waals surface area contributed by atoms with Crippen molar-refractivity contribution in [2.45, 2.75) is 25.7 Å². The van der Waals surface area contributed by atoms with E-state index in [0.717, 1.165) is 27.7 Å². The number of nitrogens with zero attached hydrogens (tertiary/aromatic N) is 4. The number of benzene rings is 2. The van der Waals surface area contributed by atoms with Gasteiger partial charge in [0.1, 0.15) is 11.9 Å². The molecule has 0 saturated carbocycles. The van der Waals surface area contributed by atoms with Gasteiger partial charge in [-0.1, -0.05) is 50.3 Å². The molecule has 0 aliphatic heterocycles. The van der Waals surface area contributed by atoms with Crippen LogP contribution in [-0.4, -0.2) is 20.7 Å². The van der Waals surface area contributed by atoms with Crippen molar-refractivity contribution >= 4 is 16.7 Å². The van der Waals surface area contributed by atoms with Crippen molar-refractivity contribution in [2.75, 3.05) is 0 Å². The molecule has 170 valence electrons. The molecule has 4 aromatic rings. The van der Waals surface area contributed by atoms with Crippen LogP contribution in [0.25, 0.3) is 33.5 Å². The van der Waals surface area contributed by atoms with Crippen LogP contribution in [0.15, 0.2) is 72.4 Å². The average Bonchev–Trinajstić information content (AvgIpc) is 3.18. The number of Topliss-reactive ketones (excluding diaryl/α,β-unsaturated/α-hetero) is 1. The number of rotatable bonds is 2. The van der Waals surface area contributed by atoms with E-state index in [9.17, 15) is 10.1 Å². The maximum Gasteiger partial charge on any atom is 0.176 e. The zero-order chi connectivity index (χ0) is 24.3. The zero-order valence-electron chi connectivity index (χ0n) is 19.3. The van der Waals surface area contributed by atoms with Crippen LogP contribution in [0.2, 0.25) is 0 Å². The van der Waals surface area contributed by atoms with Gasteiger partial charge in [-0.25, -0.2) is 14.4 Å². The molecule has 2 heterocycles. The molecule has 0 saturated heterocycles. The van der Waals surface area contributed by atoms with Crippen molar-refractivity contribution in [2.24, 2.45) is 11.8 Å². The Bertz CT molecular complexity index is 1610. The molecule has 2 aliphatic carbocycles. The normalized spacial score (nSPS) is 22.9. The number of nitriles is 1. The molecular formula is C29H21FN4O. The summed E-state index contributed by atoms with van der Waals surface area (Å²) in [7, 11) is 0. The molecule has 6 rings (SSSR count). The van der Waals surface area contributed by atoms with E-state index in [1.807, 2.05) is 44.2 Å². The van der Waals surface area contributed by atoms with Crippen LogP contribution in [0.4, 0.5) is 4.39 Å². The fourth-order valence-corrected chi connectivity index (χ4v) is 5.78. The molecule has 35 heavy (non-hydrogen) atoms. The van der Waals surface area contributed by atoms with Gasteiger partial charge in [-0.05, 0) is 36.6 Å². The summed E-state index contributed by atoms with van der Waals surface area (Å²) in [5, 5.41) is 10.6. The molecule has 0 N–H and O–H groups in total. The highest BCUT2D eigenvalue weighted by molar-refractivity contribution is 6.02. The third-order valence-electron chi connectivity index (χ3n) is 7.57. The highest BCUT2D eigenvalue weighted by Gasteiger charge is 2.52. The fourth-order valence-electron chi connectivity index (χ4n) is 5.78. The van der Waals surface area contributed by atoms with Gasteiger partial charge < -0.3 is 0 Å². The monoisotopic (exact) mass is 460 g/mol. The lowest BCUT2D eigenvalue weighted by Gasteiger charge is -2.36. The smallest absolute Gasteiger partial charge is 0.176 e. The van der Waals surface area contributed by atoms with Crippen LogP contribution in [0, 0.1) is 29.0 Å². The maximum atomic E-state index is 15.1. The molecule has 2 aromatic heterocycles. The summed E-state index contributed by atoms with van der Waals surface area (Å²) in [4.78, 5) is 27.3. The summed E-state index contributed by atoms with van der Waals surface area (Å²) in [6.45, 7) is 3.89. The number of halogens is 1. The number of carbonyl (C=O) groups is 1. The number of ketones is 1. The van der Waals surface area contributed by atoms with Crippen molar-refractivity contribution in [3.63, 3.8) is 0 Å². The van der Waals surface area contributed by atoms with Gasteiger partial charge in [-0.15, -0.1) is 0 Å². The number of hydrogen-bond donors (Lipinski definition) is 0. The van der Waals surface area contributed by atoms with Crippen LogP contribution in [0.1, 0.15) is 25.1 Å². The number of pyridine rings is 1. The first kappa shape index (κ1) is 21.3. The molecule has 6 heteroatoms. The molecule has 0 bridgehead atoms. The van der Waals surface area contributed by atoms with Gasteiger partial charge in [-0.3, -0.25) is 9.78 Å². The molecule has 0 fully saturated rings. The number of aromatic nitrogens is 3. The van der Waals surface area contributed by atoms with Crippen LogP contribution in [0.3, 0.4) is 0 Å². The van der Waals surface area contributed by atoms with Gasteiger partial charge >= 0.3 is 0 Å². The zero-order valence-corrected chi connectivity index (χ0v) is 19.3. The van der Waals surface area contributed by atoms with Gasteiger partial charge in [0.2, 0.25) is 0 Å². The SMILES string of the molecule is C[C@H]1C(=O)C(C#N)=C[C@@]2(C)c3nc(-c4cccc5ncccc45)nc(-c4ccccc4F)c3C[C@H]12. The first-order chi connectivity index (χ1) is 16.9. The summed E-state index contributed by atoms with van der Waals surface area (Å²) in [6, 6.07) is 18.3. The number of carbonyl (C=O) groups excluding carboxylic acids is 1. The molecule has 0 amide bonds. The fraction of sp³-hybridized carbons (Fsp3) is 0.207. The van der Waals surface area contributed by atoms with Gasteiger partial charge in [-0.2, -0.15) is 5.26 Å². The predicted octanol–water partition coefficient (Wildman–Crippen LogP) is 5.60. The standard InChI is InChI=1S/C29H21FN4O/c1-16-22-13-21-25(20-7-3-4-10-23(20)30)33-28(19-8-5-11-24-18(19)9-6-12-32-24)34-27(21)29(22,2)14-17(15-31)26(16)35/h3-12,14,16,22H,13H2,1-2H3/t16-,22-,29-/m1/s1. The maximum absolute atomic E-state index is 15.1. The lowest BCUT2D eigenvalue weighted by molar-refractivity contribution is -0.121. The minimum Gasteiger partial charge on any atom is -0.293 e. The molecule has 2 aromatic carbocycles. The number of hydrogen-bond acceptors (Lipinski definition) is 5. The van der Waals surface area contributed by atoms with E-state index in [-0.39, 0.29) is 29.0 Å².